The summed E-state index contributed by atoms with van der Waals surface area (Å²) in [5.41, 5.74) is 2.57. The fraction of sp³-hybridized carbons (Fsp3) is 0.571. The standard InChI is InChI=1S/C14H21NO/c1-12-7-3-4-8-13(12)14(11-16)15-9-5-2-6-10-15/h3-4,7-8,14,16H,2,5-6,9-11H2,1H3. The molecule has 1 saturated heterocycles. The first-order chi connectivity index (χ1) is 7.83. The summed E-state index contributed by atoms with van der Waals surface area (Å²) in [6, 6.07) is 8.59. The van der Waals surface area contributed by atoms with Crippen LogP contribution >= 0.6 is 0 Å². The van der Waals surface area contributed by atoms with Crippen LogP contribution in [0.25, 0.3) is 0 Å². The van der Waals surface area contributed by atoms with Crippen LogP contribution in [0.15, 0.2) is 24.3 Å². The molecule has 1 heterocycles. The van der Waals surface area contributed by atoms with Gasteiger partial charge in [-0.25, -0.2) is 0 Å². The lowest BCUT2D eigenvalue weighted by molar-refractivity contribution is 0.104. The van der Waals surface area contributed by atoms with Crippen molar-refractivity contribution in [3.05, 3.63) is 35.4 Å². The van der Waals surface area contributed by atoms with Gasteiger partial charge in [-0.2, -0.15) is 0 Å². The number of piperidine rings is 1. The van der Waals surface area contributed by atoms with E-state index in [1.54, 1.807) is 0 Å². The molecule has 2 rings (SSSR count). The molecule has 1 aliphatic heterocycles. The minimum Gasteiger partial charge on any atom is -0.394 e. The van der Waals surface area contributed by atoms with Gasteiger partial charge in [0.1, 0.15) is 0 Å². The predicted molar refractivity (Wildman–Crippen MR) is 66.4 cm³/mol. The van der Waals surface area contributed by atoms with Crippen LogP contribution in [0.3, 0.4) is 0 Å². The molecular formula is C14H21NO. The molecule has 0 aromatic heterocycles. The molecule has 0 bridgehead atoms. The summed E-state index contributed by atoms with van der Waals surface area (Å²) in [6.45, 7) is 4.60. The number of nitrogens with zero attached hydrogens (tertiary/aromatic N) is 1. The van der Waals surface area contributed by atoms with Gasteiger partial charge in [0.2, 0.25) is 0 Å². The van der Waals surface area contributed by atoms with Crippen molar-refractivity contribution in [2.24, 2.45) is 0 Å². The van der Waals surface area contributed by atoms with Gasteiger partial charge in [-0.05, 0) is 44.0 Å². The molecule has 1 fully saturated rings. The molecule has 0 radical (unpaired) electrons. The molecule has 0 spiro atoms. The van der Waals surface area contributed by atoms with Crippen LogP contribution in [0.2, 0.25) is 0 Å². The highest BCUT2D eigenvalue weighted by molar-refractivity contribution is 5.29. The fourth-order valence-corrected chi connectivity index (χ4v) is 2.60. The maximum Gasteiger partial charge on any atom is 0.0628 e. The van der Waals surface area contributed by atoms with Gasteiger partial charge in [-0.1, -0.05) is 30.7 Å². The summed E-state index contributed by atoms with van der Waals surface area (Å²) in [6.07, 6.45) is 3.87. The number of benzene rings is 1. The average Bonchev–Trinajstić information content (AvgIpc) is 2.34. The van der Waals surface area contributed by atoms with E-state index in [-0.39, 0.29) is 12.6 Å². The predicted octanol–water partition coefficient (Wildman–Crippen LogP) is 2.51. The van der Waals surface area contributed by atoms with Crippen molar-refractivity contribution in [1.29, 1.82) is 0 Å². The Bertz CT molecular complexity index is 331. The van der Waals surface area contributed by atoms with Crippen LogP contribution in [0.5, 0.6) is 0 Å². The SMILES string of the molecule is Cc1ccccc1C(CO)N1CCCCC1. The molecule has 1 atom stereocenters. The van der Waals surface area contributed by atoms with Crippen molar-refractivity contribution in [2.45, 2.75) is 32.2 Å². The Morgan fingerprint density at radius 2 is 1.88 bits per heavy atom. The molecule has 0 aliphatic carbocycles. The van der Waals surface area contributed by atoms with E-state index >= 15 is 0 Å². The number of aliphatic hydroxyl groups is 1. The first-order valence-electron chi connectivity index (χ1n) is 6.23. The highest BCUT2D eigenvalue weighted by atomic mass is 16.3. The molecule has 0 amide bonds. The van der Waals surface area contributed by atoms with Gasteiger partial charge in [-0.3, -0.25) is 4.90 Å². The van der Waals surface area contributed by atoms with Crippen LogP contribution in [0.1, 0.15) is 36.4 Å². The third kappa shape index (κ3) is 2.45. The molecule has 88 valence electrons. The Balaban J connectivity index is 2.18. The van der Waals surface area contributed by atoms with E-state index in [9.17, 15) is 5.11 Å². The molecule has 1 N–H and O–H groups in total. The lowest BCUT2D eigenvalue weighted by Crippen LogP contribution is -2.35. The summed E-state index contributed by atoms with van der Waals surface area (Å²) < 4.78 is 0. The number of aryl methyl sites for hydroxylation is 1. The molecule has 1 aromatic rings. The van der Waals surface area contributed by atoms with Crippen molar-refractivity contribution in [3.8, 4) is 0 Å². The third-order valence-electron chi connectivity index (χ3n) is 3.55. The van der Waals surface area contributed by atoms with Crippen molar-refractivity contribution < 1.29 is 5.11 Å². The second-order valence-corrected chi connectivity index (χ2v) is 4.65. The summed E-state index contributed by atoms with van der Waals surface area (Å²) in [7, 11) is 0. The highest BCUT2D eigenvalue weighted by Gasteiger charge is 2.22. The van der Waals surface area contributed by atoms with Crippen molar-refractivity contribution in [3.63, 3.8) is 0 Å². The van der Waals surface area contributed by atoms with Gasteiger partial charge in [0, 0.05) is 0 Å². The lowest BCUT2D eigenvalue weighted by atomic mass is 9.98. The third-order valence-corrected chi connectivity index (χ3v) is 3.55. The molecule has 1 aliphatic rings. The van der Waals surface area contributed by atoms with Crippen LogP contribution < -0.4 is 0 Å². The zero-order valence-corrected chi connectivity index (χ0v) is 10.0. The largest absolute Gasteiger partial charge is 0.394 e. The van der Waals surface area contributed by atoms with E-state index in [4.69, 9.17) is 0 Å². The van der Waals surface area contributed by atoms with Gasteiger partial charge < -0.3 is 5.11 Å². The molecule has 2 heteroatoms. The van der Waals surface area contributed by atoms with E-state index in [0.29, 0.717) is 0 Å². The second-order valence-electron chi connectivity index (χ2n) is 4.65. The number of likely N-dealkylation sites (tertiary alicyclic amines) is 1. The fourth-order valence-electron chi connectivity index (χ4n) is 2.60. The molecular weight excluding hydrogens is 198 g/mol. The molecule has 1 unspecified atom stereocenters. The van der Waals surface area contributed by atoms with Gasteiger partial charge >= 0.3 is 0 Å². The minimum atomic E-state index is 0.196. The lowest BCUT2D eigenvalue weighted by Gasteiger charge is -2.34. The number of aliphatic hydroxyl groups excluding tert-OH is 1. The number of hydrogen-bond acceptors (Lipinski definition) is 2. The Morgan fingerprint density at radius 3 is 2.50 bits per heavy atom. The monoisotopic (exact) mass is 219 g/mol. The number of hydrogen-bond donors (Lipinski definition) is 1. The average molecular weight is 219 g/mol. The Hall–Kier alpha value is -0.860. The van der Waals surface area contributed by atoms with E-state index < -0.39 is 0 Å². The van der Waals surface area contributed by atoms with Gasteiger partial charge in [0.15, 0.2) is 0 Å². The van der Waals surface area contributed by atoms with Crippen LogP contribution in [-0.4, -0.2) is 29.7 Å². The minimum absolute atomic E-state index is 0.196. The quantitative estimate of drug-likeness (QED) is 0.844. The van der Waals surface area contributed by atoms with Crippen LogP contribution in [0.4, 0.5) is 0 Å². The number of rotatable bonds is 3. The van der Waals surface area contributed by atoms with E-state index in [0.717, 1.165) is 13.1 Å². The van der Waals surface area contributed by atoms with E-state index in [1.165, 1.54) is 30.4 Å². The van der Waals surface area contributed by atoms with Crippen molar-refractivity contribution in [1.82, 2.24) is 4.90 Å². The van der Waals surface area contributed by atoms with Gasteiger partial charge in [-0.15, -0.1) is 0 Å². The van der Waals surface area contributed by atoms with Crippen molar-refractivity contribution >= 4 is 0 Å². The molecule has 2 nitrogen and oxygen atoms in total. The van der Waals surface area contributed by atoms with Crippen LogP contribution in [0, 0.1) is 6.92 Å². The van der Waals surface area contributed by atoms with Gasteiger partial charge in [0.05, 0.1) is 12.6 Å². The molecule has 1 aromatic carbocycles. The first-order valence-corrected chi connectivity index (χ1v) is 6.23. The maximum absolute atomic E-state index is 9.61. The summed E-state index contributed by atoms with van der Waals surface area (Å²) in [4.78, 5) is 2.42. The topological polar surface area (TPSA) is 23.5 Å². The summed E-state index contributed by atoms with van der Waals surface area (Å²) in [5.74, 6) is 0. The normalized spacial score (nSPS) is 19.6. The zero-order valence-electron chi connectivity index (χ0n) is 10.0. The van der Waals surface area contributed by atoms with Gasteiger partial charge in [0.25, 0.3) is 0 Å². The van der Waals surface area contributed by atoms with E-state index in [1.807, 2.05) is 0 Å². The Kier molecular flexibility index (Phi) is 3.97. The Morgan fingerprint density at radius 1 is 1.19 bits per heavy atom. The molecule has 0 saturated carbocycles. The first kappa shape index (κ1) is 11.6. The smallest absolute Gasteiger partial charge is 0.0628 e. The maximum atomic E-state index is 9.61. The summed E-state index contributed by atoms with van der Waals surface area (Å²) in [5, 5.41) is 9.61. The zero-order chi connectivity index (χ0) is 11.4. The van der Waals surface area contributed by atoms with Crippen molar-refractivity contribution in [2.75, 3.05) is 19.7 Å². The van der Waals surface area contributed by atoms with Crippen LogP contribution in [-0.2, 0) is 0 Å². The van der Waals surface area contributed by atoms with E-state index in [2.05, 4.69) is 36.1 Å². The Labute approximate surface area is 97.9 Å². The second kappa shape index (κ2) is 5.46. The highest BCUT2D eigenvalue weighted by Crippen LogP contribution is 2.26. The molecule has 16 heavy (non-hydrogen) atoms. The summed E-state index contributed by atoms with van der Waals surface area (Å²) >= 11 is 0.